The van der Waals surface area contributed by atoms with Crippen molar-refractivity contribution in [3.05, 3.63) is 59.7 Å². The fourth-order valence-corrected chi connectivity index (χ4v) is 1.82. The van der Waals surface area contributed by atoms with Crippen LogP contribution in [0.4, 0.5) is 13.6 Å². The molecule has 0 radical (unpaired) electrons. The molecule has 0 unspecified atom stereocenters. The van der Waals surface area contributed by atoms with Crippen molar-refractivity contribution in [2.24, 2.45) is 5.92 Å². The second kappa shape index (κ2) is 8.23. The number of hydrogen-bond acceptors (Lipinski definition) is 5. The van der Waals surface area contributed by atoms with Gasteiger partial charge < -0.3 is 14.2 Å². The lowest BCUT2D eigenvalue weighted by Gasteiger charge is -2.11. The van der Waals surface area contributed by atoms with Gasteiger partial charge in [0.05, 0.1) is 6.61 Å². The zero-order valence-electron chi connectivity index (χ0n) is 13.6. The summed E-state index contributed by atoms with van der Waals surface area (Å²) in [6.45, 7) is 3.86. The van der Waals surface area contributed by atoms with Crippen LogP contribution in [0.15, 0.2) is 42.5 Å². The Kier molecular flexibility index (Phi) is 6.05. The molecular weight excluding hydrogens is 334 g/mol. The molecule has 0 aliphatic rings. The molecule has 0 fully saturated rings. The molecule has 0 atom stereocenters. The molecule has 0 aromatic heterocycles. The Bertz CT molecular complexity index is 754. The molecule has 2 aromatic carbocycles. The normalized spacial score (nSPS) is 10.4. The smallest absolute Gasteiger partial charge is 0.434 e. The van der Waals surface area contributed by atoms with Crippen molar-refractivity contribution in [3.8, 4) is 11.5 Å². The zero-order valence-corrected chi connectivity index (χ0v) is 13.6. The summed E-state index contributed by atoms with van der Waals surface area (Å²) in [6, 6.07) is 8.72. The average Bonchev–Trinajstić information content (AvgIpc) is 2.54. The molecule has 0 aliphatic carbocycles. The number of rotatable bonds is 5. The molecule has 5 nitrogen and oxygen atoms in total. The van der Waals surface area contributed by atoms with Gasteiger partial charge in [0, 0.05) is 0 Å². The summed E-state index contributed by atoms with van der Waals surface area (Å²) >= 11 is 0. The van der Waals surface area contributed by atoms with Crippen molar-refractivity contribution in [2.45, 2.75) is 13.8 Å². The Balaban J connectivity index is 2.15. The first kappa shape index (κ1) is 18.4. The first-order valence-electron chi connectivity index (χ1n) is 7.48. The van der Waals surface area contributed by atoms with Gasteiger partial charge in [-0.25, -0.2) is 18.4 Å². The first-order valence-corrected chi connectivity index (χ1v) is 7.48. The van der Waals surface area contributed by atoms with E-state index in [9.17, 15) is 18.4 Å². The Morgan fingerprint density at radius 3 is 2.04 bits per heavy atom. The number of benzene rings is 2. The maximum Gasteiger partial charge on any atom is 0.513 e. The quantitative estimate of drug-likeness (QED) is 0.456. The van der Waals surface area contributed by atoms with Crippen LogP contribution in [-0.2, 0) is 4.74 Å². The van der Waals surface area contributed by atoms with Crippen LogP contribution >= 0.6 is 0 Å². The van der Waals surface area contributed by atoms with E-state index < -0.39 is 29.3 Å². The predicted octanol–water partition coefficient (Wildman–Crippen LogP) is 4.36. The number of ether oxygens (including phenoxy) is 3. The minimum Gasteiger partial charge on any atom is -0.434 e. The van der Waals surface area contributed by atoms with Gasteiger partial charge in [-0.3, -0.25) is 0 Å². The summed E-state index contributed by atoms with van der Waals surface area (Å²) in [7, 11) is 0. The first-order chi connectivity index (χ1) is 11.9. The minimum absolute atomic E-state index is 0.110. The summed E-state index contributed by atoms with van der Waals surface area (Å²) in [5.74, 6) is -3.52. The van der Waals surface area contributed by atoms with Crippen LogP contribution in [-0.4, -0.2) is 18.7 Å². The summed E-state index contributed by atoms with van der Waals surface area (Å²) in [4.78, 5) is 23.7. The Morgan fingerprint density at radius 2 is 1.48 bits per heavy atom. The van der Waals surface area contributed by atoms with Gasteiger partial charge in [0.25, 0.3) is 0 Å². The molecule has 0 saturated carbocycles. The Morgan fingerprint density at radius 1 is 0.920 bits per heavy atom. The third-order valence-electron chi connectivity index (χ3n) is 2.95. The standard InChI is InChI=1S/C18H16F2O5/c1-11(2)10-23-18(22)25-15-9-4-3-8-14(15)24-17(21)16-12(19)6-5-7-13(16)20/h3-9,11H,10H2,1-2H3. The van der Waals surface area contributed by atoms with Gasteiger partial charge in [-0.15, -0.1) is 0 Å². The van der Waals surface area contributed by atoms with E-state index in [1.165, 1.54) is 24.3 Å². The third kappa shape index (κ3) is 5.00. The molecular formula is C18H16F2O5. The minimum atomic E-state index is -1.25. The van der Waals surface area contributed by atoms with Gasteiger partial charge in [0.15, 0.2) is 11.5 Å². The largest absolute Gasteiger partial charge is 0.513 e. The summed E-state index contributed by atoms with van der Waals surface area (Å²) in [6.07, 6.45) is -0.978. The van der Waals surface area contributed by atoms with Crippen LogP contribution in [0.3, 0.4) is 0 Å². The van der Waals surface area contributed by atoms with Gasteiger partial charge in [0.2, 0.25) is 0 Å². The van der Waals surface area contributed by atoms with Gasteiger partial charge in [-0.05, 0) is 30.2 Å². The van der Waals surface area contributed by atoms with E-state index in [0.717, 1.165) is 18.2 Å². The number of para-hydroxylation sites is 2. The molecule has 0 saturated heterocycles. The molecule has 0 N–H and O–H groups in total. The van der Waals surface area contributed by atoms with Crippen molar-refractivity contribution in [2.75, 3.05) is 6.61 Å². The molecule has 0 bridgehead atoms. The Hall–Kier alpha value is -2.96. The van der Waals surface area contributed by atoms with Crippen molar-refractivity contribution in [1.29, 1.82) is 0 Å². The number of carbonyl (C=O) groups excluding carboxylic acids is 2. The number of carbonyl (C=O) groups is 2. The molecule has 0 aliphatic heterocycles. The molecule has 7 heteroatoms. The van der Waals surface area contributed by atoms with Crippen LogP contribution in [0.5, 0.6) is 11.5 Å². The molecule has 2 rings (SSSR count). The van der Waals surface area contributed by atoms with Gasteiger partial charge >= 0.3 is 12.1 Å². The molecule has 25 heavy (non-hydrogen) atoms. The average molecular weight is 350 g/mol. The van der Waals surface area contributed by atoms with E-state index in [2.05, 4.69) is 0 Å². The lowest BCUT2D eigenvalue weighted by molar-refractivity contribution is 0.0699. The van der Waals surface area contributed by atoms with Crippen molar-refractivity contribution < 1.29 is 32.6 Å². The molecule has 2 aromatic rings. The lowest BCUT2D eigenvalue weighted by atomic mass is 10.2. The van der Waals surface area contributed by atoms with Gasteiger partial charge in [-0.1, -0.05) is 32.0 Å². The number of esters is 1. The van der Waals surface area contributed by atoms with Crippen molar-refractivity contribution in [1.82, 2.24) is 0 Å². The molecule has 0 amide bonds. The highest BCUT2D eigenvalue weighted by atomic mass is 19.1. The highest BCUT2D eigenvalue weighted by Crippen LogP contribution is 2.28. The van der Waals surface area contributed by atoms with Gasteiger partial charge in [0.1, 0.15) is 17.2 Å². The van der Waals surface area contributed by atoms with Crippen LogP contribution in [0.2, 0.25) is 0 Å². The van der Waals surface area contributed by atoms with Crippen molar-refractivity contribution in [3.63, 3.8) is 0 Å². The van der Waals surface area contributed by atoms with Crippen LogP contribution < -0.4 is 9.47 Å². The predicted molar refractivity (Wildman–Crippen MR) is 84.6 cm³/mol. The number of hydrogen-bond donors (Lipinski definition) is 0. The van der Waals surface area contributed by atoms with E-state index in [4.69, 9.17) is 14.2 Å². The molecule has 0 spiro atoms. The van der Waals surface area contributed by atoms with Crippen LogP contribution in [0, 0.1) is 17.6 Å². The summed E-state index contributed by atoms with van der Waals surface area (Å²) < 4.78 is 42.1. The SMILES string of the molecule is CC(C)COC(=O)Oc1ccccc1OC(=O)c1c(F)cccc1F. The van der Waals surface area contributed by atoms with E-state index in [-0.39, 0.29) is 24.0 Å². The maximum atomic E-state index is 13.6. The zero-order chi connectivity index (χ0) is 18.4. The van der Waals surface area contributed by atoms with Gasteiger partial charge in [-0.2, -0.15) is 0 Å². The fourth-order valence-electron chi connectivity index (χ4n) is 1.82. The van der Waals surface area contributed by atoms with E-state index >= 15 is 0 Å². The summed E-state index contributed by atoms with van der Waals surface area (Å²) in [5.41, 5.74) is -0.834. The Labute approximate surface area is 143 Å². The topological polar surface area (TPSA) is 61.8 Å². The molecule has 0 heterocycles. The monoisotopic (exact) mass is 350 g/mol. The second-order valence-electron chi connectivity index (χ2n) is 5.49. The summed E-state index contributed by atoms with van der Waals surface area (Å²) in [5, 5.41) is 0. The highest BCUT2D eigenvalue weighted by Gasteiger charge is 2.21. The maximum absolute atomic E-state index is 13.6. The third-order valence-corrected chi connectivity index (χ3v) is 2.95. The number of halogens is 2. The van der Waals surface area contributed by atoms with Crippen LogP contribution in [0.25, 0.3) is 0 Å². The van der Waals surface area contributed by atoms with E-state index in [0.29, 0.717) is 0 Å². The lowest BCUT2D eigenvalue weighted by Crippen LogP contribution is -2.16. The molecule has 132 valence electrons. The van der Waals surface area contributed by atoms with E-state index in [1.54, 1.807) is 0 Å². The fraction of sp³-hybridized carbons (Fsp3) is 0.222. The highest BCUT2D eigenvalue weighted by molar-refractivity contribution is 5.92. The van der Waals surface area contributed by atoms with E-state index in [1.807, 2.05) is 13.8 Å². The second-order valence-corrected chi connectivity index (χ2v) is 5.49. The van der Waals surface area contributed by atoms with Crippen LogP contribution in [0.1, 0.15) is 24.2 Å². The van der Waals surface area contributed by atoms with Crippen molar-refractivity contribution >= 4 is 12.1 Å².